The van der Waals surface area contributed by atoms with E-state index in [0.29, 0.717) is 0 Å². The second kappa shape index (κ2) is 6.62. The molecule has 1 unspecified atom stereocenters. The highest BCUT2D eigenvalue weighted by Crippen LogP contribution is 2.35. The van der Waals surface area contributed by atoms with Crippen LogP contribution in [0.15, 0.2) is 12.2 Å². The minimum atomic E-state index is -5.91. The number of carbonyl (C=O) groups excluding carboxylic acids is 2. The molecule has 0 saturated heterocycles. The molecule has 10 heteroatoms. The van der Waals surface area contributed by atoms with Gasteiger partial charge < -0.3 is 9.47 Å². The summed E-state index contributed by atoms with van der Waals surface area (Å²) in [7, 11) is 0. The van der Waals surface area contributed by atoms with Gasteiger partial charge in [0.05, 0.1) is 0 Å². The second-order valence-corrected chi connectivity index (χ2v) is 3.58. The highest BCUT2D eigenvalue weighted by molar-refractivity contribution is 5.86. The van der Waals surface area contributed by atoms with Crippen molar-refractivity contribution in [3.05, 3.63) is 12.2 Å². The summed E-state index contributed by atoms with van der Waals surface area (Å²) in [5.74, 6) is -8.99. The van der Waals surface area contributed by atoms with Crippen LogP contribution in [0.4, 0.5) is 26.3 Å². The van der Waals surface area contributed by atoms with Crippen molar-refractivity contribution in [1.29, 1.82) is 0 Å². The zero-order chi connectivity index (χ0) is 16.1. The van der Waals surface area contributed by atoms with Gasteiger partial charge in [-0.25, -0.2) is 14.0 Å². The van der Waals surface area contributed by atoms with Crippen molar-refractivity contribution in [3.8, 4) is 0 Å². The summed E-state index contributed by atoms with van der Waals surface area (Å²) in [6.45, 7) is 2.83. The molecular formula is C10H10F6O4. The smallest absolute Gasteiger partial charge is 0.426 e. The molecule has 0 amide bonds. The van der Waals surface area contributed by atoms with Gasteiger partial charge in [0, 0.05) is 5.57 Å². The number of ether oxygens (including phenoxy) is 2. The summed E-state index contributed by atoms with van der Waals surface area (Å²) < 4.78 is 81.1. The first-order chi connectivity index (χ1) is 8.90. The molecule has 0 aromatic carbocycles. The highest BCUT2D eigenvalue weighted by atomic mass is 19.4. The lowest BCUT2D eigenvalue weighted by molar-refractivity contribution is -0.249. The number of alkyl halides is 6. The van der Waals surface area contributed by atoms with Crippen LogP contribution in [0.1, 0.15) is 6.92 Å². The number of halogens is 6. The molecule has 0 fully saturated rings. The van der Waals surface area contributed by atoms with Gasteiger partial charge in [-0.3, -0.25) is 0 Å². The van der Waals surface area contributed by atoms with Crippen LogP contribution in [0.5, 0.6) is 0 Å². The molecule has 0 N–H and O–H groups in total. The van der Waals surface area contributed by atoms with Crippen molar-refractivity contribution in [1.82, 2.24) is 0 Å². The van der Waals surface area contributed by atoms with E-state index >= 15 is 0 Å². The van der Waals surface area contributed by atoms with Crippen LogP contribution >= 0.6 is 0 Å². The molecule has 0 aliphatic carbocycles. The molecule has 0 radical (unpaired) electrons. The molecule has 0 aromatic rings. The first-order valence-electron chi connectivity index (χ1n) is 4.99. The van der Waals surface area contributed by atoms with Crippen molar-refractivity contribution >= 4 is 11.9 Å². The Balaban J connectivity index is 4.34. The van der Waals surface area contributed by atoms with Crippen molar-refractivity contribution < 1.29 is 45.4 Å². The highest BCUT2D eigenvalue weighted by Gasteiger charge is 2.62. The number of esters is 2. The topological polar surface area (TPSA) is 52.6 Å². The number of hydrogen-bond acceptors (Lipinski definition) is 4. The van der Waals surface area contributed by atoms with E-state index in [9.17, 15) is 35.9 Å². The molecule has 1 atom stereocenters. The molecule has 0 aromatic heterocycles. The summed E-state index contributed by atoms with van der Waals surface area (Å²) in [5, 5.41) is 0. The van der Waals surface area contributed by atoms with Crippen molar-refractivity contribution in [2.24, 2.45) is 0 Å². The standard InChI is InChI=1S/C10H10F6O4/c1-5(2)6(17)19-3-4-20-8(18)9(12,13)7(11)10(14,15)16/h7H,1,3-4H2,2H3. The Morgan fingerprint density at radius 2 is 1.55 bits per heavy atom. The molecular weight excluding hydrogens is 298 g/mol. The molecule has 116 valence electrons. The lowest BCUT2D eigenvalue weighted by Crippen LogP contribution is -2.48. The number of rotatable bonds is 6. The Kier molecular flexibility index (Phi) is 6.04. The zero-order valence-corrected chi connectivity index (χ0v) is 10.1. The molecule has 0 aliphatic rings. The quantitative estimate of drug-likeness (QED) is 0.327. The van der Waals surface area contributed by atoms with E-state index in [-0.39, 0.29) is 5.57 Å². The SMILES string of the molecule is C=C(C)C(=O)OCCOC(=O)C(F)(F)C(F)C(F)(F)F. The van der Waals surface area contributed by atoms with Crippen LogP contribution < -0.4 is 0 Å². The Morgan fingerprint density at radius 1 is 1.10 bits per heavy atom. The fourth-order valence-corrected chi connectivity index (χ4v) is 0.797. The maximum atomic E-state index is 12.7. The third-order valence-electron chi connectivity index (χ3n) is 1.78. The van der Waals surface area contributed by atoms with Gasteiger partial charge in [-0.1, -0.05) is 6.58 Å². The minimum absolute atomic E-state index is 0.0254. The van der Waals surface area contributed by atoms with E-state index in [2.05, 4.69) is 16.1 Å². The number of hydrogen-bond donors (Lipinski definition) is 0. The van der Waals surface area contributed by atoms with Gasteiger partial charge in [-0.05, 0) is 6.92 Å². The monoisotopic (exact) mass is 308 g/mol. The van der Waals surface area contributed by atoms with Crippen molar-refractivity contribution in [3.63, 3.8) is 0 Å². The second-order valence-electron chi connectivity index (χ2n) is 3.58. The summed E-state index contributed by atoms with van der Waals surface area (Å²) >= 11 is 0. The lowest BCUT2D eigenvalue weighted by Gasteiger charge is -2.20. The molecule has 20 heavy (non-hydrogen) atoms. The van der Waals surface area contributed by atoms with Gasteiger partial charge in [0.25, 0.3) is 6.17 Å². The largest absolute Gasteiger partial charge is 0.459 e. The van der Waals surface area contributed by atoms with Crippen LogP contribution in [0.3, 0.4) is 0 Å². The minimum Gasteiger partial charge on any atom is -0.459 e. The number of carbonyl (C=O) groups is 2. The molecule has 0 spiro atoms. The Bertz CT molecular complexity index is 390. The first kappa shape index (κ1) is 18.3. The van der Waals surface area contributed by atoms with Gasteiger partial charge >= 0.3 is 24.0 Å². The molecule has 0 heterocycles. The van der Waals surface area contributed by atoms with Gasteiger partial charge in [-0.15, -0.1) is 0 Å². The summed E-state index contributed by atoms with van der Waals surface area (Å²) in [5.41, 5.74) is -0.0254. The molecule has 0 rings (SSSR count). The molecule has 4 nitrogen and oxygen atoms in total. The zero-order valence-electron chi connectivity index (χ0n) is 10.1. The van der Waals surface area contributed by atoms with Gasteiger partial charge in [-0.2, -0.15) is 22.0 Å². The molecule has 0 aliphatic heterocycles. The maximum absolute atomic E-state index is 12.7. The summed E-state index contributed by atoms with van der Waals surface area (Å²) in [6, 6.07) is 0. The predicted octanol–water partition coefficient (Wildman–Crippen LogP) is 2.18. The summed E-state index contributed by atoms with van der Waals surface area (Å²) in [4.78, 5) is 21.5. The average Bonchev–Trinajstić information content (AvgIpc) is 2.31. The predicted molar refractivity (Wildman–Crippen MR) is 52.6 cm³/mol. The van der Waals surface area contributed by atoms with Crippen LogP contribution in [0.2, 0.25) is 0 Å². The first-order valence-corrected chi connectivity index (χ1v) is 4.99. The van der Waals surface area contributed by atoms with E-state index < -0.39 is 43.4 Å². The van der Waals surface area contributed by atoms with Crippen LogP contribution in [0, 0.1) is 0 Å². The third kappa shape index (κ3) is 5.10. The molecule has 0 saturated carbocycles. The van der Waals surface area contributed by atoms with Crippen LogP contribution in [0.25, 0.3) is 0 Å². The lowest BCUT2D eigenvalue weighted by atomic mass is 10.2. The van der Waals surface area contributed by atoms with Gasteiger partial charge in [0.15, 0.2) is 0 Å². The fraction of sp³-hybridized carbons (Fsp3) is 0.600. The van der Waals surface area contributed by atoms with Crippen LogP contribution in [-0.2, 0) is 19.1 Å². The van der Waals surface area contributed by atoms with E-state index in [1.165, 1.54) is 6.92 Å². The van der Waals surface area contributed by atoms with Crippen molar-refractivity contribution in [2.75, 3.05) is 13.2 Å². The van der Waals surface area contributed by atoms with E-state index in [0.717, 1.165) is 0 Å². The van der Waals surface area contributed by atoms with E-state index in [1.54, 1.807) is 0 Å². The Labute approximate surface area is 109 Å². The normalized spacial score (nSPS) is 13.6. The van der Waals surface area contributed by atoms with E-state index in [1.807, 2.05) is 0 Å². The fourth-order valence-electron chi connectivity index (χ4n) is 0.797. The Hall–Kier alpha value is -1.74. The molecule has 0 bridgehead atoms. The summed E-state index contributed by atoms with van der Waals surface area (Å²) in [6.07, 6.45) is -10.6. The van der Waals surface area contributed by atoms with Crippen molar-refractivity contribution in [2.45, 2.75) is 25.2 Å². The van der Waals surface area contributed by atoms with Gasteiger partial charge in [0.2, 0.25) is 0 Å². The Morgan fingerprint density at radius 3 is 1.95 bits per heavy atom. The van der Waals surface area contributed by atoms with E-state index in [4.69, 9.17) is 0 Å². The average molecular weight is 308 g/mol. The third-order valence-corrected chi connectivity index (χ3v) is 1.78. The van der Waals surface area contributed by atoms with Gasteiger partial charge in [0.1, 0.15) is 13.2 Å². The van der Waals surface area contributed by atoms with Crippen LogP contribution in [-0.4, -0.2) is 43.4 Å². The maximum Gasteiger partial charge on any atom is 0.426 e.